The molecule has 3 heteroatoms. The Bertz CT molecular complexity index is 128. The Balaban J connectivity index is 3.27. The summed E-state index contributed by atoms with van der Waals surface area (Å²) in [4.78, 5) is 0. The van der Waals surface area contributed by atoms with E-state index in [9.17, 15) is 0 Å². The van der Waals surface area contributed by atoms with Crippen molar-refractivity contribution in [3.05, 3.63) is 0 Å². The molecule has 0 bridgehead atoms. The molecule has 0 amide bonds. The third-order valence-electron chi connectivity index (χ3n) is 2.31. The number of nitrogens with one attached hydrogen (secondary N) is 1. The molecule has 0 aliphatic carbocycles. The maximum absolute atomic E-state index is 8.91. The topological polar surface area (TPSA) is 41.5 Å². The fourth-order valence-electron chi connectivity index (χ4n) is 1.04. The van der Waals surface area contributed by atoms with Crippen molar-refractivity contribution in [2.45, 2.75) is 33.7 Å². The van der Waals surface area contributed by atoms with Gasteiger partial charge in [-0.2, -0.15) is 0 Å². The van der Waals surface area contributed by atoms with E-state index >= 15 is 0 Å². The van der Waals surface area contributed by atoms with Crippen molar-refractivity contribution < 1.29 is 9.84 Å². The zero-order chi connectivity index (χ0) is 11.0. The Morgan fingerprint density at radius 2 is 1.86 bits per heavy atom. The van der Waals surface area contributed by atoms with Crippen LogP contribution in [0.4, 0.5) is 0 Å². The van der Waals surface area contributed by atoms with Crippen molar-refractivity contribution in [3.63, 3.8) is 0 Å². The fourth-order valence-corrected chi connectivity index (χ4v) is 1.04. The van der Waals surface area contributed by atoms with Gasteiger partial charge in [-0.25, -0.2) is 0 Å². The number of hydrogen-bond acceptors (Lipinski definition) is 3. The second-order valence-corrected chi connectivity index (χ2v) is 4.37. The van der Waals surface area contributed by atoms with E-state index in [1.54, 1.807) is 0 Å². The van der Waals surface area contributed by atoms with Gasteiger partial charge in [0, 0.05) is 25.8 Å². The first-order valence-corrected chi connectivity index (χ1v) is 5.50. The quantitative estimate of drug-likeness (QED) is 0.584. The summed E-state index contributed by atoms with van der Waals surface area (Å²) in [5.74, 6) is 0.906. The molecule has 0 heterocycles. The lowest BCUT2D eigenvalue weighted by atomic mass is 10.1. The minimum absolute atomic E-state index is 0.237. The summed E-state index contributed by atoms with van der Waals surface area (Å²) < 4.78 is 5.43. The van der Waals surface area contributed by atoms with Gasteiger partial charge in [0.05, 0.1) is 6.61 Å². The number of aliphatic hydroxyl groups is 1. The van der Waals surface area contributed by atoms with Gasteiger partial charge < -0.3 is 15.2 Å². The molecule has 0 radical (unpaired) electrons. The lowest BCUT2D eigenvalue weighted by Crippen LogP contribution is -2.36. The summed E-state index contributed by atoms with van der Waals surface area (Å²) in [6.07, 6.45) is 0. The molecule has 0 saturated heterocycles. The molecule has 0 fully saturated rings. The molecule has 2 N–H and O–H groups in total. The van der Waals surface area contributed by atoms with E-state index in [-0.39, 0.29) is 6.61 Å². The van der Waals surface area contributed by atoms with Crippen LogP contribution in [0.3, 0.4) is 0 Å². The van der Waals surface area contributed by atoms with Crippen LogP contribution in [-0.4, -0.2) is 37.5 Å². The number of ether oxygens (including phenoxy) is 1. The SMILES string of the molecule is CC(C)COCCNC(C)C(C)CO. The van der Waals surface area contributed by atoms with Crippen LogP contribution >= 0.6 is 0 Å². The van der Waals surface area contributed by atoms with Crippen LogP contribution in [-0.2, 0) is 4.74 Å². The van der Waals surface area contributed by atoms with Gasteiger partial charge in [0.2, 0.25) is 0 Å². The molecular weight excluding hydrogens is 178 g/mol. The van der Waals surface area contributed by atoms with Crippen LogP contribution < -0.4 is 5.32 Å². The summed E-state index contributed by atoms with van der Waals surface area (Å²) in [7, 11) is 0. The summed E-state index contributed by atoms with van der Waals surface area (Å²) in [5, 5.41) is 12.2. The van der Waals surface area contributed by atoms with Crippen LogP contribution in [0, 0.1) is 11.8 Å². The number of rotatable bonds is 8. The average Bonchev–Trinajstić information content (AvgIpc) is 2.15. The van der Waals surface area contributed by atoms with Crippen molar-refractivity contribution in [2.75, 3.05) is 26.4 Å². The number of aliphatic hydroxyl groups excluding tert-OH is 1. The molecule has 2 atom stereocenters. The normalized spacial score (nSPS) is 15.9. The zero-order valence-corrected chi connectivity index (χ0v) is 9.92. The second-order valence-electron chi connectivity index (χ2n) is 4.37. The smallest absolute Gasteiger partial charge is 0.0591 e. The summed E-state index contributed by atoms with van der Waals surface area (Å²) in [6.45, 7) is 11.1. The fraction of sp³-hybridized carbons (Fsp3) is 1.00. The van der Waals surface area contributed by atoms with Gasteiger partial charge in [-0.1, -0.05) is 20.8 Å². The van der Waals surface area contributed by atoms with Gasteiger partial charge in [0.1, 0.15) is 0 Å². The second kappa shape index (κ2) is 8.21. The molecule has 0 aliphatic rings. The molecule has 3 nitrogen and oxygen atoms in total. The van der Waals surface area contributed by atoms with Gasteiger partial charge in [-0.05, 0) is 18.8 Å². The Morgan fingerprint density at radius 1 is 1.21 bits per heavy atom. The van der Waals surface area contributed by atoms with E-state index in [1.165, 1.54) is 0 Å². The van der Waals surface area contributed by atoms with Gasteiger partial charge in [0.25, 0.3) is 0 Å². The molecule has 0 saturated carbocycles. The predicted molar refractivity (Wildman–Crippen MR) is 59.4 cm³/mol. The Kier molecular flexibility index (Phi) is 8.14. The summed E-state index contributed by atoms with van der Waals surface area (Å²) in [6, 6.07) is 0.350. The van der Waals surface area contributed by atoms with E-state index in [0.29, 0.717) is 17.9 Å². The molecule has 0 rings (SSSR count). The van der Waals surface area contributed by atoms with Gasteiger partial charge in [-0.3, -0.25) is 0 Å². The van der Waals surface area contributed by atoms with E-state index in [1.807, 2.05) is 6.92 Å². The largest absolute Gasteiger partial charge is 0.396 e. The van der Waals surface area contributed by atoms with Crippen molar-refractivity contribution in [2.24, 2.45) is 11.8 Å². The molecule has 0 aromatic heterocycles. The molecular formula is C11H25NO2. The lowest BCUT2D eigenvalue weighted by molar-refractivity contribution is 0.107. The minimum Gasteiger partial charge on any atom is -0.396 e. The highest BCUT2D eigenvalue weighted by Gasteiger charge is 2.09. The standard InChI is InChI=1S/C11H25NO2/c1-9(2)8-14-6-5-12-11(4)10(3)7-13/h9-13H,5-8H2,1-4H3. The molecule has 0 spiro atoms. The van der Waals surface area contributed by atoms with Crippen molar-refractivity contribution in [3.8, 4) is 0 Å². The molecule has 2 unspecified atom stereocenters. The van der Waals surface area contributed by atoms with E-state index in [2.05, 4.69) is 26.1 Å². The van der Waals surface area contributed by atoms with Gasteiger partial charge >= 0.3 is 0 Å². The van der Waals surface area contributed by atoms with Crippen LogP contribution in [0.2, 0.25) is 0 Å². The highest BCUT2D eigenvalue weighted by atomic mass is 16.5. The van der Waals surface area contributed by atoms with E-state index < -0.39 is 0 Å². The van der Waals surface area contributed by atoms with Crippen LogP contribution in [0.15, 0.2) is 0 Å². The first kappa shape index (κ1) is 13.9. The zero-order valence-electron chi connectivity index (χ0n) is 9.92. The molecule has 14 heavy (non-hydrogen) atoms. The molecule has 0 aromatic rings. The van der Waals surface area contributed by atoms with E-state index in [4.69, 9.17) is 9.84 Å². The molecule has 0 aromatic carbocycles. The van der Waals surface area contributed by atoms with Crippen LogP contribution in [0.1, 0.15) is 27.7 Å². The van der Waals surface area contributed by atoms with Gasteiger partial charge in [0.15, 0.2) is 0 Å². The van der Waals surface area contributed by atoms with Crippen LogP contribution in [0.5, 0.6) is 0 Å². The highest BCUT2D eigenvalue weighted by Crippen LogP contribution is 1.99. The molecule has 86 valence electrons. The maximum Gasteiger partial charge on any atom is 0.0591 e. The maximum atomic E-state index is 8.91. The van der Waals surface area contributed by atoms with Crippen molar-refractivity contribution in [1.29, 1.82) is 0 Å². The average molecular weight is 203 g/mol. The van der Waals surface area contributed by atoms with Crippen molar-refractivity contribution in [1.82, 2.24) is 5.32 Å². The summed E-state index contributed by atoms with van der Waals surface area (Å²) >= 11 is 0. The first-order chi connectivity index (χ1) is 6.57. The van der Waals surface area contributed by atoms with Crippen LogP contribution in [0.25, 0.3) is 0 Å². The Morgan fingerprint density at radius 3 is 2.36 bits per heavy atom. The monoisotopic (exact) mass is 203 g/mol. The minimum atomic E-state index is 0.237. The first-order valence-electron chi connectivity index (χ1n) is 5.50. The Labute approximate surface area is 87.8 Å². The van der Waals surface area contributed by atoms with Gasteiger partial charge in [-0.15, -0.1) is 0 Å². The predicted octanol–water partition coefficient (Wildman–Crippen LogP) is 1.27. The van der Waals surface area contributed by atoms with Crippen molar-refractivity contribution >= 4 is 0 Å². The van der Waals surface area contributed by atoms with E-state index in [0.717, 1.165) is 19.8 Å². The third kappa shape index (κ3) is 7.30. The molecule has 0 aliphatic heterocycles. The lowest BCUT2D eigenvalue weighted by Gasteiger charge is -2.19. The third-order valence-corrected chi connectivity index (χ3v) is 2.31. The number of hydrogen-bond donors (Lipinski definition) is 2. The highest BCUT2D eigenvalue weighted by molar-refractivity contribution is 4.66. The summed E-state index contributed by atoms with van der Waals surface area (Å²) in [5.41, 5.74) is 0. The Hall–Kier alpha value is -0.120.